The summed E-state index contributed by atoms with van der Waals surface area (Å²) in [4.78, 5) is 9.84. The van der Waals surface area contributed by atoms with Gasteiger partial charge in [0.2, 0.25) is 0 Å². The third kappa shape index (κ3) is 3.97. The summed E-state index contributed by atoms with van der Waals surface area (Å²) in [6.07, 6.45) is -1.03. The molecule has 1 N–H and O–H groups in total. The van der Waals surface area contributed by atoms with E-state index in [-0.39, 0.29) is 12.3 Å². The molecule has 3 heteroatoms. The normalized spacial score (nSPS) is 13.8. The van der Waals surface area contributed by atoms with E-state index in [0.29, 0.717) is 0 Å². The van der Waals surface area contributed by atoms with Crippen molar-refractivity contribution in [1.82, 2.24) is 0 Å². The highest BCUT2D eigenvalue weighted by Crippen LogP contribution is 2.03. The SMILES string of the molecule is CC(C)C(O)CC(=O)[O-]. The van der Waals surface area contributed by atoms with E-state index in [2.05, 4.69) is 0 Å². The Bertz CT molecular complexity index is 98.5. The number of carbonyl (C=O) groups is 1. The lowest BCUT2D eigenvalue weighted by Gasteiger charge is -2.13. The highest BCUT2D eigenvalue weighted by Gasteiger charge is 2.07. The van der Waals surface area contributed by atoms with E-state index in [1.165, 1.54) is 0 Å². The van der Waals surface area contributed by atoms with Gasteiger partial charge in [0, 0.05) is 12.4 Å². The largest absolute Gasteiger partial charge is 0.550 e. The number of aliphatic hydroxyl groups is 1. The minimum atomic E-state index is -1.20. The molecule has 0 aromatic carbocycles. The minimum absolute atomic E-state index is 0.0112. The van der Waals surface area contributed by atoms with Crippen molar-refractivity contribution in [2.75, 3.05) is 0 Å². The van der Waals surface area contributed by atoms with Gasteiger partial charge in [-0.2, -0.15) is 0 Å². The quantitative estimate of drug-likeness (QED) is 0.542. The third-order valence-corrected chi connectivity index (χ3v) is 1.15. The molecule has 54 valence electrons. The predicted molar refractivity (Wildman–Crippen MR) is 30.5 cm³/mol. The van der Waals surface area contributed by atoms with Crippen molar-refractivity contribution in [2.45, 2.75) is 26.4 Å². The predicted octanol–water partition coefficient (Wildman–Crippen LogP) is -0.857. The average molecular weight is 131 g/mol. The summed E-state index contributed by atoms with van der Waals surface area (Å²) in [6, 6.07) is 0. The average Bonchev–Trinajstić information content (AvgIpc) is 1.63. The maximum Gasteiger partial charge on any atom is 0.0615 e. The zero-order valence-corrected chi connectivity index (χ0v) is 5.63. The summed E-state index contributed by atoms with van der Waals surface area (Å²) in [6.45, 7) is 3.52. The molecule has 0 radical (unpaired) electrons. The van der Waals surface area contributed by atoms with Crippen molar-refractivity contribution < 1.29 is 15.0 Å². The third-order valence-electron chi connectivity index (χ3n) is 1.15. The molecule has 0 spiro atoms. The zero-order chi connectivity index (χ0) is 7.44. The molecule has 0 amide bonds. The Kier molecular flexibility index (Phi) is 3.24. The highest BCUT2D eigenvalue weighted by molar-refractivity contribution is 5.64. The molecule has 0 aliphatic rings. The van der Waals surface area contributed by atoms with Gasteiger partial charge in [-0.15, -0.1) is 0 Å². The lowest BCUT2D eigenvalue weighted by atomic mass is 10.1. The monoisotopic (exact) mass is 131 g/mol. The fourth-order valence-corrected chi connectivity index (χ4v) is 0.406. The maximum atomic E-state index is 9.84. The van der Waals surface area contributed by atoms with Crippen molar-refractivity contribution >= 4 is 5.97 Å². The molecule has 1 unspecified atom stereocenters. The molecule has 0 heterocycles. The molecule has 0 bridgehead atoms. The minimum Gasteiger partial charge on any atom is -0.550 e. The molecule has 0 saturated carbocycles. The smallest absolute Gasteiger partial charge is 0.0615 e. The van der Waals surface area contributed by atoms with Crippen LogP contribution in [0.1, 0.15) is 20.3 Å². The molecule has 9 heavy (non-hydrogen) atoms. The molecule has 1 atom stereocenters. The van der Waals surface area contributed by atoms with E-state index < -0.39 is 12.1 Å². The first-order valence-corrected chi connectivity index (χ1v) is 2.92. The van der Waals surface area contributed by atoms with E-state index in [4.69, 9.17) is 5.11 Å². The van der Waals surface area contributed by atoms with Crippen LogP contribution in [0.4, 0.5) is 0 Å². The molecular weight excluding hydrogens is 120 g/mol. The second-order valence-corrected chi connectivity index (χ2v) is 2.39. The van der Waals surface area contributed by atoms with Gasteiger partial charge in [-0.3, -0.25) is 0 Å². The fourth-order valence-electron chi connectivity index (χ4n) is 0.406. The Morgan fingerprint density at radius 2 is 2.11 bits per heavy atom. The van der Waals surface area contributed by atoms with Crippen LogP contribution >= 0.6 is 0 Å². The van der Waals surface area contributed by atoms with E-state index in [9.17, 15) is 9.90 Å². The molecule has 0 aliphatic carbocycles. The van der Waals surface area contributed by atoms with Crippen molar-refractivity contribution in [3.8, 4) is 0 Å². The molecule has 0 aliphatic heterocycles. The van der Waals surface area contributed by atoms with Gasteiger partial charge in [-0.25, -0.2) is 0 Å². The number of carboxylic acids is 1. The van der Waals surface area contributed by atoms with Gasteiger partial charge in [-0.1, -0.05) is 13.8 Å². The topological polar surface area (TPSA) is 60.4 Å². The van der Waals surface area contributed by atoms with Gasteiger partial charge >= 0.3 is 0 Å². The lowest BCUT2D eigenvalue weighted by molar-refractivity contribution is -0.307. The van der Waals surface area contributed by atoms with Crippen molar-refractivity contribution in [3.05, 3.63) is 0 Å². The van der Waals surface area contributed by atoms with E-state index in [0.717, 1.165) is 0 Å². The lowest BCUT2D eigenvalue weighted by Crippen LogP contribution is -2.29. The Balaban J connectivity index is 3.50. The van der Waals surface area contributed by atoms with Gasteiger partial charge in [0.25, 0.3) is 0 Å². The van der Waals surface area contributed by atoms with Gasteiger partial charge in [0.1, 0.15) is 0 Å². The molecule has 0 saturated heterocycles. The number of hydrogen-bond donors (Lipinski definition) is 1. The Labute approximate surface area is 54.3 Å². The first-order chi connectivity index (χ1) is 4.04. The van der Waals surface area contributed by atoms with Crippen LogP contribution in [0.25, 0.3) is 0 Å². The fraction of sp³-hybridized carbons (Fsp3) is 0.833. The Morgan fingerprint density at radius 3 is 2.22 bits per heavy atom. The summed E-state index contributed by atoms with van der Waals surface area (Å²) >= 11 is 0. The molecule has 0 aromatic heterocycles. The molecule has 3 nitrogen and oxygen atoms in total. The van der Waals surface area contributed by atoms with Gasteiger partial charge in [-0.05, 0) is 5.92 Å². The van der Waals surface area contributed by atoms with Crippen LogP contribution in [0.15, 0.2) is 0 Å². The van der Waals surface area contributed by atoms with Crippen LogP contribution in [0.5, 0.6) is 0 Å². The van der Waals surface area contributed by atoms with E-state index >= 15 is 0 Å². The van der Waals surface area contributed by atoms with Crippen LogP contribution in [0.3, 0.4) is 0 Å². The summed E-state index contributed by atoms with van der Waals surface area (Å²) in [7, 11) is 0. The molecule has 0 fully saturated rings. The Hall–Kier alpha value is -0.570. The Morgan fingerprint density at radius 1 is 1.67 bits per heavy atom. The van der Waals surface area contributed by atoms with Crippen LogP contribution in [0.2, 0.25) is 0 Å². The second kappa shape index (κ2) is 3.45. The number of hydrogen-bond acceptors (Lipinski definition) is 3. The van der Waals surface area contributed by atoms with E-state index in [1.807, 2.05) is 0 Å². The zero-order valence-electron chi connectivity index (χ0n) is 5.63. The summed E-state index contributed by atoms with van der Waals surface area (Å²) in [5, 5.41) is 18.7. The second-order valence-electron chi connectivity index (χ2n) is 2.39. The number of carbonyl (C=O) groups excluding carboxylic acids is 1. The number of carboxylic acid groups (broad SMARTS) is 1. The van der Waals surface area contributed by atoms with Gasteiger partial charge in [0.15, 0.2) is 0 Å². The first-order valence-electron chi connectivity index (χ1n) is 2.92. The number of aliphatic hydroxyl groups excluding tert-OH is 1. The molecule has 0 aromatic rings. The van der Waals surface area contributed by atoms with Crippen molar-refractivity contribution in [1.29, 1.82) is 0 Å². The van der Waals surface area contributed by atoms with Gasteiger partial charge < -0.3 is 15.0 Å². The van der Waals surface area contributed by atoms with Crippen LogP contribution in [-0.2, 0) is 4.79 Å². The number of aliphatic carboxylic acids is 1. The van der Waals surface area contributed by atoms with Crippen LogP contribution in [-0.4, -0.2) is 17.2 Å². The standard InChI is InChI=1S/C6H12O3/c1-4(2)5(7)3-6(8)9/h4-5,7H,3H2,1-2H3,(H,8,9)/p-1. The summed E-state index contributed by atoms with van der Waals surface area (Å²) in [5.74, 6) is -1.21. The van der Waals surface area contributed by atoms with Gasteiger partial charge in [0.05, 0.1) is 6.10 Å². The summed E-state index contributed by atoms with van der Waals surface area (Å²) in [5.41, 5.74) is 0. The first kappa shape index (κ1) is 8.43. The molecule has 0 rings (SSSR count). The highest BCUT2D eigenvalue weighted by atomic mass is 16.4. The molecular formula is C6H11O3-. The van der Waals surface area contributed by atoms with Crippen LogP contribution < -0.4 is 5.11 Å². The summed E-state index contributed by atoms with van der Waals surface area (Å²) < 4.78 is 0. The maximum absolute atomic E-state index is 9.84. The van der Waals surface area contributed by atoms with E-state index in [1.54, 1.807) is 13.8 Å². The van der Waals surface area contributed by atoms with Crippen molar-refractivity contribution in [3.63, 3.8) is 0 Å². The number of rotatable bonds is 3. The van der Waals surface area contributed by atoms with Crippen molar-refractivity contribution in [2.24, 2.45) is 5.92 Å². The van der Waals surface area contributed by atoms with Crippen LogP contribution in [0, 0.1) is 5.92 Å².